The van der Waals surface area contributed by atoms with Crippen LogP contribution in [0.1, 0.15) is 40.6 Å². The monoisotopic (exact) mass is 310 g/mol. The van der Waals surface area contributed by atoms with Crippen LogP contribution >= 0.6 is 11.3 Å². The van der Waals surface area contributed by atoms with Gasteiger partial charge in [-0.15, -0.1) is 11.3 Å². The van der Waals surface area contributed by atoms with Crippen LogP contribution in [0.5, 0.6) is 0 Å². The number of amides is 1. The lowest BCUT2D eigenvalue weighted by atomic mass is 9.99. The smallest absolute Gasteiger partial charge is 0.341 e. The maximum atomic E-state index is 12.3. The van der Waals surface area contributed by atoms with Crippen LogP contribution in [0.2, 0.25) is 0 Å². The van der Waals surface area contributed by atoms with Crippen molar-refractivity contribution >= 4 is 28.2 Å². The number of carbonyl (C=O) groups is 2. The molecule has 1 aromatic heterocycles. The quantitative estimate of drug-likeness (QED) is 0.838. The minimum Gasteiger partial charge on any atom is -0.462 e. The van der Waals surface area contributed by atoms with Crippen molar-refractivity contribution in [1.29, 1.82) is 0 Å². The molecule has 1 aliphatic heterocycles. The molecule has 1 amide bonds. The van der Waals surface area contributed by atoms with Gasteiger partial charge in [-0.1, -0.05) is 0 Å². The molecule has 21 heavy (non-hydrogen) atoms. The predicted octanol–water partition coefficient (Wildman–Crippen LogP) is 2.48. The minimum atomic E-state index is -0.364. The Morgan fingerprint density at radius 2 is 2.19 bits per heavy atom. The number of esters is 1. The van der Waals surface area contributed by atoms with Crippen molar-refractivity contribution in [3.63, 3.8) is 0 Å². The maximum absolute atomic E-state index is 12.3. The number of hydrogen-bond acceptors (Lipinski definition) is 5. The highest BCUT2D eigenvalue weighted by molar-refractivity contribution is 7.16. The van der Waals surface area contributed by atoms with Gasteiger partial charge in [0.05, 0.1) is 18.1 Å². The molecule has 1 saturated heterocycles. The molecular weight excluding hydrogens is 288 g/mol. The second-order valence-electron chi connectivity index (χ2n) is 5.24. The van der Waals surface area contributed by atoms with Crippen molar-refractivity contribution in [2.45, 2.75) is 33.6 Å². The van der Waals surface area contributed by atoms with E-state index in [1.165, 1.54) is 11.3 Å². The number of nitrogens with one attached hydrogen (secondary N) is 2. The van der Waals surface area contributed by atoms with E-state index < -0.39 is 0 Å². The lowest BCUT2D eigenvalue weighted by Crippen LogP contribution is -2.37. The van der Waals surface area contributed by atoms with Crippen LogP contribution in [-0.4, -0.2) is 31.6 Å². The molecule has 0 aliphatic carbocycles. The highest BCUT2D eigenvalue weighted by Crippen LogP contribution is 2.33. The molecule has 0 saturated carbocycles. The number of thiophene rings is 1. The van der Waals surface area contributed by atoms with Crippen LogP contribution in [0.3, 0.4) is 0 Å². The van der Waals surface area contributed by atoms with Gasteiger partial charge in [0.25, 0.3) is 0 Å². The summed E-state index contributed by atoms with van der Waals surface area (Å²) in [7, 11) is 0. The average molecular weight is 310 g/mol. The molecule has 0 spiro atoms. The van der Waals surface area contributed by atoms with Crippen LogP contribution in [0.4, 0.5) is 5.00 Å². The van der Waals surface area contributed by atoms with Crippen molar-refractivity contribution in [3.05, 3.63) is 16.0 Å². The predicted molar refractivity (Wildman–Crippen MR) is 84.0 cm³/mol. The Morgan fingerprint density at radius 3 is 2.81 bits per heavy atom. The molecule has 0 bridgehead atoms. The average Bonchev–Trinajstić information content (AvgIpc) is 2.75. The fraction of sp³-hybridized carbons (Fsp3) is 0.600. The number of anilines is 1. The standard InChI is InChI=1S/C15H22N2O3S/c1-4-20-15(19)12-9(2)10(3)21-14(12)17-13(18)11-6-5-7-16-8-11/h11,16H,4-8H2,1-3H3,(H,17,18)/t11-/m1/s1. The van der Waals surface area contributed by atoms with E-state index in [4.69, 9.17) is 4.74 Å². The van der Waals surface area contributed by atoms with E-state index in [0.717, 1.165) is 29.8 Å². The lowest BCUT2D eigenvalue weighted by Gasteiger charge is -2.21. The van der Waals surface area contributed by atoms with Gasteiger partial charge in [-0.25, -0.2) is 4.79 Å². The first-order valence-electron chi connectivity index (χ1n) is 7.33. The van der Waals surface area contributed by atoms with E-state index in [1.54, 1.807) is 6.92 Å². The van der Waals surface area contributed by atoms with E-state index in [0.29, 0.717) is 23.7 Å². The fourth-order valence-corrected chi connectivity index (χ4v) is 3.51. The van der Waals surface area contributed by atoms with Gasteiger partial charge in [-0.3, -0.25) is 4.79 Å². The van der Waals surface area contributed by atoms with Gasteiger partial charge in [0, 0.05) is 11.4 Å². The van der Waals surface area contributed by atoms with Crippen LogP contribution in [-0.2, 0) is 9.53 Å². The van der Waals surface area contributed by atoms with E-state index in [-0.39, 0.29) is 17.8 Å². The van der Waals surface area contributed by atoms with Gasteiger partial charge in [0.15, 0.2) is 0 Å². The van der Waals surface area contributed by atoms with Gasteiger partial charge in [0.2, 0.25) is 5.91 Å². The third-order valence-electron chi connectivity index (χ3n) is 3.77. The van der Waals surface area contributed by atoms with Gasteiger partial charge in [-0.05, 0) is 45.7 Å². The molecule has 2 heterocycles. The topological polar surface area (TPSA) is 67.4 Å². The van der Waals surface area contributed by atoms with Crippen molar-refractivity contribution in [3.8, 4) is 0 Å². The first-order chi connectivity index (χ1) is 10.0. The SMILES string of the molecule is CCOC(=O)c1c(NC(=O)[C@@H]2CCCNC2)sc(C)c1C. The Kier molecular flexibility index (Phi) is 5.36. The molecule has 5 nitrogen and oxygen atoms in total. The summed E-state index contributed by atoms with van der Waals surface area (Å²) in [5, 5.41) is 6.76. The Morgan fingerprint density at radius 1 is 1.43 bits per heavy atom. The zero-order chi connectivity index (χ0) is 15.4. The van der Waals surface area contributed by atoms with Crippen LogP contribution in [0, 0.1) is 19.8 Å². The first kappa shape index (κ1) is 16.0. The highest BCUT2D eigenvalue weighted by atomic mass is 32.1. The summed E-state index contributed by atoms with van der Waals surface area (Å²) in [6.07, 6.45) is 1.89. The van der Waals surface area contributed by atoms with Crippen molar-refractivity contribution in [2.75, 3.05) is 25.0 Å². The van der Waals surface area contributed by atoms with Crippen molar-refractivity contribution in [2.24, 2.45) is 5.92 Å². The fourth-order valence-electron chi connectivity index (χ4n) is 2.45. The second kappa shape index (κ2) is 7.04. The summed E-state index contributed by atoms with van der Waals surface area (Å²) in [5.41, 5.74) is 1.38. The van der Waals surface area contributed by atoms with E-state index >= 15 is 0 Å². The molecule has 2 N–H and O–H groups in total. The third-order valence-corrected chi connectivity index (χ3v) is 4.89. The Balaban J connectivity index is 2.17. The van der Waals surface area contributed by atoms with Crippen LogP contribution < -0.4 is 10.6 Å². The van der Waals surface area contributed by atoms with Crippen molar-refractivity contribution in [1.82, 2.24) is 5.32 Å². The zero-order valence-electron chi connectivity index (χ0n) is 12.7. The third kappa shape index (κ3) is 3.63. The molecular formula is C15H22N2O3S. The Hall–Kier alpha value is -1.40. The largest absolute Gasteiger partial charge is 0.462 e. The Bertz CT molecular complexity index is 533. The molecule has 0 radical (unpaired) electrons. The second-order valence-corrected chi connectivity index (χ2v) is 6.47. The Labute approximate surface area is 129 Å². The van der Waals surface area contributed by atoms with E-state index in [2.05, 4.69) is 10.6 Å². The van der Waals surface area contributed by atoms with Gasteiger partial charge in [-0.2, -0.15) is 0 Å². The molecule has 0 unspecified atom stereocenters. The lowest BCUT2D eigenvalue weighted by molar-refractivity contribution is -0.120. The summed E-state index contributed by atoms with van der Waals surface area (Å²) in [5.74, 6) is -0.415. The first-order valence-corrected chi connectivity index (χ1v) is 8.15. The summed E-state index contributed by atoms with van der Waals surface area (Å²) in [4.78, 5) is 25.4. The molecule has 2 rings (SSSR count). The van der Waals surface area contributed by atoms with E-state index in [1.807, 2.05) is 13.8 Å². The van der Waals surface area contributed by atoms with Gasteiger partial charge in [0.1, 0.15) is 5.00 Å². The summed E-state index contributed by atoms with van der Waals surface area (Å²) in [6, 6.07) is 0. The number of carbonyl (C=O) groups excluding carboxylic acids is 2. The molecule has 116 valence electrons. The molecule has 1 aliphatic rings. The highest BCUT2D eigenvalue weighted by Gasteiger charge is 2.26. The number of hydrogen-bond donors (Lipinski definition) is 2. The number of aryl methyl sites for hydroxylation is 1. The van der Waals surface area contributed by atoms with E-state index in [9.17, 15) is 9.59 Å². The normalized spacial score (nSPS) is 18.3. The van der Waals surface area contributed by atoms with Gasteiger partial charge < -0.3 is 15.4 Å². The molecule has 1 atom stereocenters. The summed E-state index contributed by atoms with van der Waals surface area (Å²) < 4.78 is 5.09. The zero-order valence-corrected chi connectivity index (χ0v) is 13.6. The summed E-state index contributed by atoms with van der Waals surface area (Å²) >= 11 is 1.43. The van der Waals surface area contributed by atoms with Crippen LogP contribution in [0.25, 0.3) is 0 Å². The molecule has 1 fully saturated rings. The summed E-state index contributed by atoms with van der Waals surface area (Å²) in [6.45, 7) is 7.60. The number of ether oxygens (including phenoxy) is 1. The number of rotatable bonds is 4. The molecule has 0 aromatic carbocycles. The molecule has 6 heteroatoms. The maximum Gasteiger partial charge on any atom is 0.341 e. The number of piperidine rings is 1. The van der Waals surface area contributed by atoms with Crippen LogP contribution in [0.15, 0.2) is 0 Å². The molecule has 1 aromatic rings. The van der Waals surface area contributed by atoms with Crippen molar-refractivity contribution < 1.29 is 14.3 Å². The minimum absolute atomic E-state index is 0.0194. The van der Waals surface area contributed by atoms with Gasteiger partial charge >= 0.3 is 5.97 Å².